The Hall–Kier alpha value is -1.42. The SMILES string of the molecule is C[C@H](CO[Si](c1ccccc1)(c1ccccc1)C(C)(C)C)[C@@H](C)CCO. The summed E-state index contributed by atoms with van der Waals surface area (Å²) in [5, 5.41) is 11.9. The van der Waals surface area contributed by atoms with Crippen molar-refractivity contribution in [2.24, 2.45) is 11.8 Å². The number of aliphatic hydroxyl groups excluding tert-OH is 1. The maximum atomic E-state index is 9.27. The van der Waals surface area contributed by atoms with Crippen molar-refractivity contribution in [3.8, 4) is 0 Å². The maximum Gasteiger partial charge on any atom is 0.261 e. The molecule has 2 aromatic carbocycles. The molecule has 0 spiro atoms. The van der Waals surface area contributed by atoms with Gasteiger partial charge < -0.3 is 9.53 Å². The van der Waals surface area contributed by atoms with Crippen molar-refractivity contribution in [2.45, 2.75) is 46.1 Å². The molecule has 0 aliphatic carbocycles. The molecule has 2 aromatic rings. The molecular weight excluding hydrogens is 336 g/mol. The van der Waals surface area contributed by atoms with Gasteiger partial charge in [-0.1, -0.05) is 95.3 Å². The third-order valence-corrected chi connectivity index (χ3v) is 10.5. The largest absolute Gasteiger partial charge is 0.407 e. The van der Waals surface area contributed by atoms with Crippen LogP contribution in [0.5, 0.6) is 0 Å². The van der Waals surface area contributed by atoms with Crippen molar-refractivity contribution >= 4 is 18.7 Å². The van der Waals surface area contributed by atoms with E-state index in [0.29, 0.717) is 18.4 Å². The molecule has 0 unspecified atom stereocenters. The average Bonchev–Trinajstić information content (AvgIpc) is 2.63. The van der Waals surface area contributed by atoms with E-state index < -0.39 is 8.32 Å². The topological polar surface area (TPSA) is 29.5 Å². The van der Waals surface area contributed by atoms with Gasteiger partial charge in [-0.15, -0.1) is 0 Å². The summed E-state index contributed by atoms with van der Waals surface area (Å²) < 4.78 is 6.95. The zero-order valence-corrected chi connectivity index (χ0v) is 17.9. The first-order chi connectivity index (χ1) is 12.3. The molecule has 1 N–H and O–H groups in total. The van der Waals surface area contributed by atoms with Crippen LogP contribution in [0.3, 0.4) is 0 Å². The van der Waals surface area contributed by atoms with E-state index in [9.17, 15) is 5.11 Å². The van der Waals surface area contributed by atoms with Gasteiger partial charge in [0, 0.05) is 13.2 Å². The highest BCUT2D eigenvalue weighted by molar-refractivity contribution is 6.99. The summed E-state index contributed by atoms with van der Waals surface area (Å²) >= 11 is 0. The highest BCUT2D eigenvalue weighted by Gasteiger charge is 2.50. The monoisotopic (exact) mass is 370 g/mol. The van der Waals surface area contributed by atoms with Crippen molar-refractivity contribution in [1.29, 1.82) is 0 Å². The number of hydrogen-bond donors (Lipinski definition) is 1. The summed E-state index contributed by atoms with van der Waals surface area (Å²) in [6.45, 7) is 12.3. The number of benzene rings is 2. The van der Waals surface area contributed by atoms with E-state index in [-0.39, 0.29) is 11.6 Å². The predicted octanol–water partition coefficient (Wildman–Crippen LogP) is 4.22. The van der Waals surface area contributed by atoms with Gasteiger partial charge in [-0.3, -0.25) is 0 Å². The molecule has 0 aliphatic heterocycles. The van der Waals surface area contributed by atoms with E-state index in [1.807, 2.05) is 0 Å². The van der Waals surface area contributed by atoms with Gasteiger partial charge in [0.15, 0.2) is 0 Å². The first-order valence-electron chi connectivity index (χ1n) is 9.68. The van der Waals surface area contributed by atoms with Gasteiger partial charge >= 0.3 is 0 Å². The normalized spacial score (nSPS) is 14.8. The lowest BCUT2D eigenvalue weighted by atomic mass is 9.94. The van der Waals surface area contributed by atoms with Gasteiger partial charge in [0.2, 0.25) is 0 Å². The lowest BCUT2D eigenvalue weighted by molar-refractivity contribution is 0.175. The lowest BCUT2D eigenvalue weighted by Crippen LogP contribution is -2.67. The minimum Gasteiger partial charge on any atom is -0.407 e. The van der Waals surface area contributed by atoms with Gasteiger partial charge in [-0.25, -0.2) is 0 Å². The highest BCUT2D eigenvalue weighted by Crippen LogP contribution is 2.37. The molecule has 3 heteroatoms. The van der Waals surface area contributed by atoms with Crippen LogP contribution in [-0.2, 0) is 4.43 Å². The second-order valence-corrected chi connectivity index (χ2v) is 12.7. The maximum absolute atomic E-state index is 9.27. The van der Waals surface area contributed by atoms with Gasteiger partial charge in [0.1, 0.15) is 0 Å². The Labute approximate surface area is 160 Å². The van der Waals surface area contributed by atoms with Crippen LogP contribution in [0.15, 0.2) is 60.7 Å². The van der Waals surface area contributed by atoms with Gasteiger partial charge in [-0.2, -0.15) is 0 Å². The first-order valence-corrected chi connectivity index (χ1v) is 11.6. The molecule has 26 heavy (non-hydrogen) atoms. The molecule has 2 rings (SSSR count). The third kappa shape index (κ3) is 4.45. The van der Waals surface area contributed by atoms with E-state index in [1.54, 1.807) is 0 Å². The van der Waals surface area contributed by atoms with Crippen LogP contribution in [0.25, 0.3) is 0 Å². The fourth-order valence-electron chi connectivity index (χ4n) is 3.67. The molecule has 0 aromatic heterocycles. The second kappa shape index (κ2) is 8.98. The van der Waals surface area contributed by atoms with Crippen LogP contribution in [0, 0.1) is 11.8 Å². The molecule has 142 valence electrons. The Bertz CT molecular complexity index is 609. The second-order valence-electron chi connectivity index (χ2n) is 8.44. The number of aliphatic hydroxyl groups is 1. The summed E-state index contributed by atoms with van der Waals surface area (Å²) in [6.07, 6.45) is 0.825. The Balaban J connectivity index is 2.47. The summed E-state index contributed by atoms with van der Waals surface area (Å²) in [7, 11) is -2.44. The van der Waals surface area contributed by atoms with Crippen LogP contribution >= 0.6 is 0 Å². The Morgan fingerprint density at radius 2 is 1.31 bits per heavy atom. The van der Waals surface area contributed by atoms with Crippen molar-refractivity contribution in [1.82, 2.24) is 0 Å². The molecule has 0 aliphatic rings. The molecule has 0 amide bonds. The van der Waals surface area contributed by atoms with E-state index in [1.165, 1.54) is 10.4 Å². The molecule has 0 saturated heterocycles. The minimum atomic E-state index is -2.44. The van der Waals surface area contributed by atoms with E-state index in [2.05, 4.69) is 95.3 Å². The highest BCUT2D eigenvalue weighted by atomic mass is 28.4. The number of rotatable bonds is 8. The molecule has 0 saturated carbocycles. The van der Waals surface area contributed by atoms with Gasteiger partial charge in [-0.05, 0) is 33.7 Å². The van der Waals surface area contributed by atoms with Crippen LogP contribution < -0.4 is 10.4 Å². The first kappa shape index (κ1) is 20.9. The van der Waals surface area contributed by atoms with Crippen molar-refractivity contribution < 1.29 is 9.53 Å². The van der Waals surface area contributed by atoms with Gasteiger partial charge in [0.05, 0.1) is 0 Å². The summed E-state index contributed by atoms with van der Waals surface area (Å²) in [5.74, 6) is 0.849. The zero-order chi connectivity index (χ0) is 19.2. The molecule has 2 nitrogen and oxygen atoms in total. The summed E-state index contributed by atoms with van der Waals surface area (Å²) in [6, 6.07) is 21.5. The van der Waals surface area contributed by atoms with Crippen molar-refractivity contribution in [3.63, 3.8) is 0 Å². The Morgan fingerprint density at radius 3 is 1.69 bits per heavy atom. The molecule has 2 atom stereocenters. The Morgan fingerprint density at radius 1 is 0.846 bits per heavy atom. The summed E-state index contributed by atoms with van der Waals surface area (Å²) in [4.78, 5) is 0. The number of hydrogen-bond acceptors (Lipinski definition) is 2. The lowest BCUT2D eigenvalue weighted by Gasteiger charge is -2.44. The predicted molar refractivity (Wildman–Crippen MR) is 114 cm³/mol. The standard InChI is InChI=1S/C23H34O2Si/c1-19(16-17-24)20(2)18-25-26(23(3,4)5,21-12-8-6-9-13-21)22-14-10-7-11-15-22/h6-15,19-20,24H,16-18H2,1-5H3/t19-,20+/m0/s1. The molecule has 0 heterocycles. The van der Waals surface area contributed by atoms with Gasteiger partial charge in [0.25, 0.3) is 8.32 Å². The fourth-order valence-corrected chi connectivity index (χ4v) is 8.34. The average molecular weight is 371 g/mol. The van der Waals surface area contributed by atoms with E-state index >= 15 is 0 Å². The van der Waals surface area contributed by atoms with Crippen LogP contribution in [0.1, 0.15) is 41.0 Å². The Kier molecular flexibility index (Phi) is 7.21. The van der Waals surface area contributed by atoms with E-state index in [4.69, 9.17) is 4.43 Å². The minimum absolute atomic E-state index is 0.00957. The molecule has 0 radical (unpaired) electrons. The van der Waals surface area contributed by atoms with E-state index in [0.717, 1.165) is 6.42 Å². The smallest absolute Gasteiger partial charge is 0.261 e. The van der Waals surface area contributed by atoms with Crippen molar-refractivity contribution in [2.75, 3.05) is 13.2 Å². The van der Waals surface area contributed by atoms with Crippen LogP contribution in [0.2, 0.25) is 5.04 Å². The van der Waals surface area contributed by atoms with Crippen molar-refractivity contribution in [3.05, 3.63) is 60.7 Å². The van der Waals surface area contributed by atoms with Crippen LogP contribution in [-0.4, -0.2) is 26.6 Å². The van der Waals surface area contributed by atoms with Crippen LogP contribution in [0.4, 0.5) is 0 Å². The quantitative estimate of drug-likeness (QED) is 0.705. The fraction of sp³-hybridized carbons (Fsp3) is 0.478. The summed E-state index contributed by atoms with van der Waals surface area (Å²) in [5.41, 5.74) is 0. The third-order valence-electron chi connectivity index (χ3n) is 5.54. The molecule has 0 fully saturated rings. The zero-order valence-electron chi connectivity index (χ0n) is 16.9. The molecule has 0 bridgehead atoms. The molecular formula is C23H34O2Si.